The molecule has 2 rings (SSSR count). The highest BCUT2D eigenvalue weighted by Gasteiger charge is 2.29. The van der Waals surface area contributed by atoms with Crippen LogP contribution in [0.5, 0.6) is 0 Å². The van der Waals surface area contributed by atoms with Crippen molar-refractivity contribution >= 4 is 21.6 Å². The first-order chi connectivity index (χ1) is 8.67. The summed E-state index contributed by atoms with van der Waals surface area (Å²) in [4.78, 5) is 2.44. The Morgan fingerprint density at radius 2 is 2.28 bits per heavy atom. The van der Waals surface area contributed by atoms with Crippen LogP contribution < -0.4 is 10.2 Å². The van der Waals surface area contributed by atoms with E-state index in [-0.39, 0.29) is 0 Å². The van der Waals surface area contributed by atoms with E-state index in [2.05, 4.69) is 57.8 Å². The molecule has 0 bridgehead atoms. The second-order valence-corrected chi connectivity index (χ2v) is 5.75. The van der Waals surface area contributed by atoms with Crippen molar-refractivity contribution in [3.63, 3.8) is 0 Å². The van der Waals surface area contributed by atoms with Crippen molar-refractivity contribution in [2.45, 2.75) is 31.8 Å². The Hall–Kier alpha value is -0.800. The van der Waals surface area contributed by atoms with Crippen LogP contribution in [0.1, 0.15) is 31.4 Å². The van der Waals surface area contributed by atoms with E-state index < -0.39 is 0 Å². The summed E-state index contributed by atoms with van der Waals surface area (Å²) < 4.78 is 1.18. The molecule has 3 heteroatoms. The molecule has 2 nitrogen and oxygen atoms in total. The standard InChI is InChI=1S/C15H21BrN2/c1-4-9-18(13-6-7-13)15-8-5-12(10-14(15)16)11(2)17-3/h4-5,8,10-11,13,17H,1,6-7,9H2,2-3H3. The molecule has 0 spiro atoms. The third-order valence-electron chi connectivity index (χ3n) is 3.53. The first-order valence-electron chi connectivity index (χ1n) is 6.51. The Morgan fingerprint density at radius 1 is 1.56 bits per heavy atom. The van der Waals surface area contributed by atoms with Gasteiger partial charge in [-0.2, -0.15) is 0 Å². The molecule has 1 aromatic carbocycles. The molecule has 1 atom stereocenters. The molecule has 0 amide bonds. The zero-order chi connectivity index (χ0) is 13.1. The minimum atomic E-state index is 0.379. The minimum Gasteiger partial charge on any atom is -0.364 e. The summed E-state index contributed by atoms with van der Waals surface area (Å²) in [5, 5.41) is 3.27. The topological polar surface area (TPSA) is 15.3 Å². The van der Waals surface area contributed by atoms with E-state index >= 15 is 0 Å². The van der Waals surface area contributed by atoms with Crippen molar-refractivity contribution in [3.8, 4) is 0 Å². The number of anilines is 1. The van der Waals surface area contributed by atoms with Crippen molar-refractivity contribution in [2.24, 2.45) is 0 Å². The smallest absolute Gasteiger partial charge is 0.0516 e. The molecule has 1 aliphatic rings. The van der Waals surface area contributed by atoms with Gasteiger partial charge in [0.2, 0.25) is 0 Å². The molecule has 1 fully saturated rings. The van der Waals surface area contributed by atoms with E-state index in [0.29, 0.717) is 12.1 Å². The second kappa shape index (κ2) is 5.89. The Balaban J connectivity index is 2.24. The number of nitrogens with zero attached hydrogens (tertiary/aromatic N) is 1. The quantitative estimate of drug-likeness (QED) is 0.802. The van der Waals surface area contributed by atoms with Gasteiger partial charge in [0.15, 0.2) is 0 Å². The van der Waals surface area contributed by atoms with Gasteiger partial charge >= 0.3 is 0 Å². The van der Waals surface area contributed by atoms with Crippen LogP contribution in [0.25, 0.3) is 0 Å². The van der Waals surface area contributed by atoms with Crippen LogP contribution in [-0.2, 0) is 0 Å². The lowest BCUT2D eigenvalue weighted by Crippen LogP contribution is -2.26. The molecule has 18 heavy (non-hydrogen) atoms. The zero-order valence-electron chi connectivity index (χ0n) is 11.1. The fourth-order valence-corrected chi connectivity index (χ4v) is 2.79. The number of benzene rings is 1. The number of halogens is 1. The van der Waals surface area contributed by atoms with Crippen LogP contribution in [0.3, 0.4) is 0 Å². The van der Waals surface area contributed by atoms with Gasteiger partial charge in [-0.05, 0) is 60.4 Å². The zero-order valence-corrected chi connectivity index (χ0v) is 12.7. The Labute approximate surface area is 118 Å². The average molecular weight is 309 g/mol. The van der Waals surface area contributed by atoms with Crippen LogP contribution in [-0.4, -0.2) is 19.6 Å². The fraction of sp³-hybridized carbons (Fsp3) is 0.467. The molecule has 1 N–H and O–H groups in total. The van der Waals surface area contributed by atoms with Crippen LogP contribution in [0, 0.1) is 0 Å². The highest BCUT2D eigenvalue weighted by Crippen LogP contribution is 2.36. The molecule has 1 aliphatic carbocycles. The summed E-state index contributed by atoms with van der Waals surface area (Å²) >= 11 is 3.71. The molecular weight excluding hydrogens is 288 g/mol. The van der Waals surface area contributed by atoms with E-state index in [4.69, 9.17) is 0 Å². The Morgan fingerprint density at radius 3 is 2.78 bits per heavy atom. The molecule has 0 aromatic heterocycles. The SMILES string of the molecule is C=CCN(c1ccc(C(C)NC)cc1Br)C1CC1. The van der Waals surface area contributed by atoms with Gasteiger partial charge in [0, 0.05) is 23.1 Å². The molecule has 0 radical (unpaired) electrons. The fourth-order valence-electron chi connectivity index (χ4n) is 2.16. The lowest BCUT2D eigenvalue weighted by atomic mass is 10.1. The van der Waals surface area contributed by atoms with Crippen molar-refractivity contribution < 1.29 is 0 Å². The molecule has 0 saturated heterocycles. The number of rotatable bonds is 6. The number of hydrogen-bond donors (Lipinski definition) is 1. The molecule has 1 aromatic rings. The van der Waals surface area contributed by atoms with E-state index in [1.807, 2.05) is 13.1 Å². The maximum Gasteiger partial charge on any atom is 0.0516 e. The summed E-state index contributed by atoms with van der Waals surface area (Å²) in [6.45, 7) is 6.95. The van der Waals surface area contributed by atoms with Gasteiger partial charge < -0.3 is 10.2 Å². The van der Waals surface area contributed by atoms with E-state index in [9.17, 15) is 0 Å². The average Bonchev–Trinajstić information content (AvgIpc) is 3.19. The molecule has 1 unspecified atom stereocenters. The Kier molecular flexibility index (Phi) is 4.46. The van der Waals surface area contributed by atoms with Gasteiger partial charge in [-0.15, -0.1) is 6.58 Å². The minimum absolute atomic E-state index is 0.379. The van der Waals surface area contributed by atoms with Crippen molar-refractivity contribution in [1.82, 2.24) is 5.32 Å². The first-order valence-corrected chi connectivity index (χ1v) is 7.31. The predicted octanol–water partition coefficient (Wildman–Crippen LogP) is 3.88. The lowest BCUT2D eigenvalue weighted by molar-refractivity contribution is 0.652. The highest BCUT2D eigenvalue weighted by atomic mass is 79.9. The summed E-state index contributed by atoms with van der Waals surface area (Å²) in [7, 11) is 1.99. The van der Waals surface area contributed by atoms with Crippen LogP contribution in [0.2, 0.25) is 0 Å². The summed E-state index contributed by atoms with van der Waals surface area (Å²) in [6, 6.07) is 7.72. The van der Waals surface area contributed by atoms with Gasteiger partial charge in [0.1, 0.15) is 0 Å². The van der Waals surface area contributed by atoms with Gasteiger partial charge in [0.05, 0.1) is 5.69 Å². The third-order valence-corrected chi connectivity index (χ3v) is 4.16. The van der Waals surface area contributed by atoms with Crippen LogP contribution in [0.15, 0.2) is 35.3 Å². The largest absolute Gasteiger partial charge is 0.364 e. The monoisotopic (exact) mass is 308 g/mol. The van der Waals surface area contributed by atoms with E-state index in [1.165, 1.54) is 28.6 Å². The summed E-state index contributed by atoms with van der Waals surface area (Å²) in [5.41, 5.74) is 2.59. The predicted molar refractivity (Wildman–Crippen MR) is 82.2 cm³/mol. The molecular formula is C15H21BrN2. The van der Waals surface area contributed by atoms with Crippen molar-refractivity contribution in [1.29, 1.82) is 0 Å². The maximum absolute atomic E-state index is 3.86. The van der Waals surface area contributed by atoms with E-state index in [0.717, 1.165) is 6.54 Å². The van der Waals surface area contributed by atoms with Gasteiger partial charge in [0.25, 0.3) is 0 Å². The first kappa shape index (κ1) is 13.6. The van der Waals surface area contributed by atoms with Gasteiger partial charge in [-0.25, -0.2) is 0 Å². The molecule has 1 saturated carbocycles. The maximum atomic E-state index is 3.86. The van der Waals surface area contributed by atoms with Gasteiger partial charge in [-0.3, -0.25) is 0 Å². The normalized spacial score (nSPS) is 16.4. The van der Waals surface area contributed by atoms with Crippen molar-refractivity contribution in [2.75, 3.05) is 18.5 Å². The number of nitrogens with one attached hydrogen (secondary N) is 1. The van der Waals surface area contributed by atoms with Crippen LogP contribution in [0.4, 0.5) is 5.69 Å². The Bertz CT molecular complexity index is 427. The van der Waals surface area contributed by atoms with Gasteiger partial charge in [-0.1, -0.05) is 12.1 Å². The third kappa shape index (κ3) is 2.96. The lowest BCUT2D eigenvalue weighted by Gasteiger charge is -2.25. The highest BCUT2D eigenvalue weighted by molar-refractivity contribution is 9.10. The van der Waals surface area contributed by atoms with E-state index in [1.54, 1.807) is 0 Å². The number of hydrogen-bond acceptors (Lipinski definition) is 2. The second-order valence-electron chi connectivity index (χ2n) is 4.89. The summed E-state index contributed by atoms with van der Waals surface area (Å²) in [6.07, 6.45) is 4.58. The molecule has 98 valence electrons. The molecule has 0 aliphatic heterocycles. The molecule has 0 heterocycles. The summed E-state index contributed by atoms with van der Waals surface area (Å²) in [5.74, 6) is 0. The van der Waals surface area contributed by atoms with Crippen LogP contribution >= 0.6 is 15.9 Å². The van der Waals surface area contributed by atoms with Crippen molar-refractivity contribution in [3.05, 3.63) is 40.9 Å².